The van der Waals surface area contributed by atoms with E-state index in [-0.39, 0.29) is 29.9 Å². The highest BCUT2D eigenvalue weighted by atomic mass is 16.5. The van der Waals surface area contributed by atoms with Gasteiger partial charge in [-0.15, -0.1) is 0 Å². The summed E-state index contributed by atoms with van der Waals surface area (Å²) in [5.41, 5.74) is 0.0300. The van der Waals surface area contributed by atoms with Crippen LogP contribution in [0, 0.1) is 0 Å². The van der Waals surface area contributed by atoms with E-state index in [1.165, 1.54) is 18.2 Å². The molecule has 7 heteroatoms. The summed E-state index contributed by atoms with van der Waals surface area (Å²) in [6.07, 6.45) is -3.18. The third-order valence-electron chi connectivity index (χ3n) is 2.81. The maximum Gasteiger partial charge on any atom is 0.341 e. The topological polar surface area (TPSA) is 113 Å². The van der Waals surface area contributed by atoms with Crippen LogP contribution in [-0.2, 0) is 14.3 Å². The fraction of sp³-hybridized carbons (Fsp3) is 0.429. The number of benzene rings is 1. The van der Waals surface area contributed by atoms with E-state index >= 15 is 0 Å². The second-order valence-electron chi connectivity index (χ2n) is 4.29. The van der Waals surface area contributed by atoms with Crippen molar-refractivity contribution < 1.29 is 34.4 Å². The lowest BCUT2D eigenvalue weighted by Gasteiger charge is -2.18. The van der Waals surface area contributed by atoms with Gasteiger partial charge in [-0.3, -0.25) is 4.79 Å². The van der Waals surface area contributed by atoms with E-state index < -0.39 is 24.1 Å². The van der Waals surface area contributed by atoms with Crippen LogP contribution in [0.25, 0.3) is 0 Å². The number of phenolic OH excluding ortho intramolecular Hbond substituents is 1. The van der Waals surface area contributed by atoms with Gasteiger partial charge in [0.05, 0.1) is 26.2 Å². The van der Waals surface area contributed by atoms with Gasteiger partial charge in [0.15, 0.2) is 0 Å². The zero-order chi connectivity index (χ0) is 16.0. The molecule has 21 heavy (non-hydrogen) atoms. The van der Waals surface area contributed by atoms with Crippen LogP contribution in [0.3, 0.4) is 0 Å². The fourth-order valence-electron chi connectivity index (χ4n) is 1.74. The molecule has 1 aromatic rings. The van der Waals surface area contributed by atoms with Crippen molar-refractivity contribution in [2.75, 3.05) is 13.7 Å². The maximum absolute atomic E-state index is 11.4. The molecule has 7 nitrogen and oxygen atoms in total. The first-order valence-electron chi connectivity index (χ1n) is 6.33. The van der Waals surface area contributed by atoms with Crippen molar-refractivity contribution in [2.24, 2.45) is 0 Å². The van der Waals surface area contributed by atoms with Crippen LogP contribution in [0.4, 0.5) is 0 Å². The van der Waals surface area contributed by atoms with Crippen LogP contribution in [0.5, 0.6) is 5.75 Å². The van der Waals surface area contributed by atoms with Crippen molar-refractivity contribution in [2.45, 2.75) is 25.6 Å². The molecular weight excluding hydrogens is 280 g/mol. The van der Waals surface area contributed by atoms with Gasteiger partial charge in [-0.1, -0.05) is 6.07 Å². The molecule has 2 unspecified atom stereocenters. The molecule has 0 bridgehead atoms. The first-order chi connectivity index (χ1) is 9.90. The van der Waals surface area contributed by atoms with Gasteiger partial charge < -0.3 is 24.8 Å². The lowest BCUT2D eigenvalue weighted by Crippen LogP contribution is -2.23. The highest BCUT2D eigenvalue weighted by Crippen LogP contribution is 2.25. The van der Waals surface area contributed by atoms with Gasteiger partial charge in [0.2, 0.25) is 0 Å². The number of esters is 2. The van der Waals surface area contributed by atoms with Crippen LogP contribution < -0.4 is 0 Å². The van der Waals surface area contributed by atoms with Gasteiger partial charge in [-0.2, -0.15) is 0 Å². The lowest BCUT2D eigenvalue weighted by molar-refractivity contribution is -0.147. The predicted molar refractivity (Wildman–Crippen MR) is 71.7 cm³/mol. The molecule has 0 saturated carbocycles. The molecule has 0 amide bonds. The number of aromatic hydroxyl groups is 1. The number of aliphatic hydroxyl groups is 2. The number of hydrogen-bond donors (Lipinski definition) is 3. The monoisotopic (exact) mass is 298 g/mol. The molecule has 116 valence electrons. The van der Waals surface area contributed by atoms with Crippen molar-refractivity contribution in [3.05, 3.63) is 29.3 Å². The molecular formula is C14H18O7. The number of aliphatic hydroxyl groups excluding tert-OH is 2. The molecule has 2 atom stereocenters. The third kappa shape index (κ3) is 4.44. The van der Waals surface area contributed by atoms with Gasteiger partial charge in [0.25, 0.3) is 0 Å². The molecule has 0 aliphatic heterocycles. The first-order valence-corrected chi connectivity index (χ1v) is 6.33. The van der Waals surface area contributed by atoms with Gasteiger partial charge in [0, 0.05) is 0 Å². The van der Waals surface area contributed by atoms with Gasteiger partial charge in [0.1, 0.15) is 17.4 Å². The van der Waals surface area contributed by atoms with Gasteiger partial charge in [-0.05, 0) is 24.6 Å². The molecule has 1 rings (SSSR count). The molecule has 0 aliphatic rings. The van der Waals surface area contributed by atoms with E-state index in [0.29, 0.717) is 0 Å². The van der Waals surface area contributed by atoms with Crippen molar-refractivity contribution in [3.8, 4) is 5.75 Å². The Bertz CT molecular complexity index is 512. The quantitative estimate of drug-likeness (QED) is 0.656. The minimum absolute atomic E-state index is 0.141. The average Bonchev–Trinajstić information content (AvgIpc) is 2.46. The Morgan fingerprint density at radius 2 is 1.95 bits per heavy atom. The maximum atomic E-state index is 11.4. The highest BCUT2D eigenvalue weighted by Gasteiger charge is 2.24. The number of methoxy groups -OCH3 is 1. The number of phenols is 1. The Labute approximate surface area is 121 Å². The number of ether oxygens (including phenoxy) is 2. The summed E-state index contributed by atoms with van der Waals surface area (Å²) >= 11 is 0. The Balaban J connectivity index is 2.89. The largest absolute Gasteiger partial charge is 0.507 e. The lowest BCUT2D eigenvalue weighted by atomic mass is 9.99. The van der Waals surface area contributed by atoms with E-state index in [9.17, 15) is 24.9 Å². The van der Waals surface area contributed by atoms with E-state index in [4.69, 9.17) is 0 Å². The van der Waals surface area contributed by atoms with E-state index in [1.54, 1.807) is 6.92 Å². The number of rotatable bonds is 6. The van der Waals surface area contributed by atoms with Crippen LogP contribution in [0.15, 0.2) is 18.2 Å². The van der Waals surface area contributed by atoms with Crippen LogP contribution in [0.2, 0.25) is 0 Å². The first kappa shape index (κ1) is 16.9. The Morgan fingerprint density at radius 1 is 1.29 bits per heavy atom. The summed E-state index contributed by atoms with van der Waals surface area (Å²) in [4.78, 5) is 22.7. The average molecular weight is 298 g/mol. The van der Waals surface area contributed by atoms with Crippen LogP contribution in [-0.4, -0.2) is 47.1 Å². The van der Waals surface area contributed by atoms with Gasteiger partial charge >= 0.3 is 11.9 Å². The molecule has 0 saturated heterocycles. The molecule has 0 heterocycles. The number of carbonyl (C=O) groups excluding carboxylic acids is 2. The molecule has 1 aromatic carbocycles. The minimum atomic E-state index is -1.40. The van der Waals surface area contributed by atoms with Crippen LogP contribution >= 0.6 is 0 Å². The SMILES string of the molecule is CCOC(=O)CC(O)C(O)c1ccc(O)c(C(=O)OC)c1. The molecule has 3 N–H and O–H groups in total. The second-order valence-corrected chi connectivity index (χ2v) is 4.29. The summed E-state index contributed by atoms with van der Waals surface area (Å²) in [7, 11) is 1.15. The van der Waals surface area contributed by atoms with E-state index in [2.05, 4.69) is 9.47 Å². The minimum Gasteiger partial charge on any atom is -0.507 e. The van der Waals surface area contributed by atoms with E-state index in [0.717, 1.165) is 7.11 Å². The Kier molecular flexibility index (Phi) is 6.13. The standard InChI is InChI=1S/C14H18O7/c1-3-21-12(17)7-11(16)13(18)8-4-5-10(15)9(6-8)14(19)20-2/h4-6,11,13,15-16,18H,3,7H2,1-2H3. The molecule has 0 fully saturated rings. The summed E-state index contributed by atoms with van der Waals surface area (Å²) < 4.78 is 9.16. The summed E-state index contributed by atoms with van der Waals surface area (Å²) in [5.74, 6) is -1.73. The van der Waals surface area contributed by atoms with Crippen molar-refractivity contribution in [3.63, 3.8) is 0 Å². The van der Waals surface area contributed by atoms with Crippen molar-refractivity contribution >= 4 is 11.9 Å². The Morgan fingerprint density at radius 3 is 2.52 bits per heavy atom. The zero-order valence-electron chi connectivity index (χ0n) is 11.8. The van der Waals surface area contributed by atoms with E-state index in [1.807, 2.05) is 0 Å². The molecule has 0 spiro atoms. The third-order valence-corrected chi connectivity index (χ3v) is 2.81. The fourth-order valence-corrected chi connectivity index (χ4v) is 1.74. The van der Waals surface area contributed by atoms with Crippen molar-refractivity contribution in [1.82, 2.24) is 0 Å². The summed E-state index contributed by atoms with van der Waals surface area (Å²) in [6.45, 7) is 1.80. The summed E-state index contributed by atoms with van der Waals surface area (Å²) in [6, 6.07) is 3.73. The highest BCUT2D eigenvalue weighted by molar-refractivity contribution is 5.92. The smallest absolute Gasteiger partial charge is 0.341 e. The molecule has 0 radical (unpaired) electrons. The second kappa shape index (κ2) is 7.61. The zero-order valence-corrected chi connectivity index (χ0v) is 11.8. The summed E-state index contributed by atoms with van der Waals surface area (Å²) in [5, 5.41) is 29.3. The van der Waals surface area contributed by atoms with Crippen molar-refractivity contribution in [1.29, 1.82) is 0 Å². The normalized spacial score (nSPS) is 13.3. The number of hydrogen-bond acceptors (Lipinski definition) is 7. The van der Waals surface area contributed by atoms with Crippen LogP contribution in [0.1, 0.15) is 35.4 Å². The number of carbonyl (C=O) groups is 2. The Hall–Kier alpha value is -2.12. The van der Waals surface area contributed by atoms with Gasteiger partial charge in [-0.25, -0.2) is 4.79 Å². The predicted octanol–water partition coefficient (Wildman–Crippen LogP) is 0.526. The molecule has 0 aromatic heterocycles. The molecule has 0 aliphatic carbocycles.